The molecule has 0 aliphatic carbocycles. The van der Waals surface area contributed by atoms with E-state index in [4.69, 9.17) is 16.3 Å². The molecule has 0 radical (unpaired) electrons. The molecule has 0 aliphatic rings. The fraction of sp³-hybridized carbons (Fsp3) is 0.833. The SMILES string of the molecule is CC(C)OCCCCn1c(Cl)nnc1C(C)C. The van der Waals surface area contributed by atoms with E-state index in [-0.39, 0.29) is 0 Å². The molecule has 0 saturated heterocycles. The smallest absolute Gasteiger partial charge is 0.225 e. The van der Waals surface area contributed by atoms with E-state index >= 15 is 0 Å². The fourth-order valence-electron chi connectivity index (χ4n) is 1.62. The first-order valence-corrected chi connectivity index (χ1v) is 6.60. The topological polar surface area (TPSA) is 39.9 Å². The molecule has 0 N–H and O–H groups in total. The molecule has 98 valence electrons. The van der Waals surface area contributed by atoms with Crippen molar-refractivity contribution < 1.29 is 4.74 Å². The molecule has 17 heavy (non-hydrogen) atoms. The van der Waals surface area contributed by atoms with E-state index in [0.717, 1.165) is 31.8 Å². The molecule has 0 spiro atoms. The van der Waals surface area contributed by atoms with Crippen molar-refractivity contribution in [3.05, 3.63) is 11.1 Å². The van der Waals surface area contributed by atoms with Gasteiger partial charge in [-0.15, -0.1) is 10.2 Å². The van der Waals surface area contributed by atoms with Gasteiger partial charge in [-0.1, -0.05) is 13.8 Å². The Hall–Kier alpha value is -0.610. The van der Waals surface area contributed by atoms with Gasteiger partial charge in [0.1, 0.15) is 5.82 Å². The zero-order valence-corrected chi connectivity index (χ0v) is 11.9. The maximum absolute atomic E-state index is 6.01. The summed E-state index contributed by atoms with van der Waals surface area (Å²) in [6.45, 7) is 9.95. The van der Waals surface area contributed by atoms with E-state index in [0.29, 0.717) is 17.3 Å². The Labute approximate surface area is 108 Å². The number of nitrogens with zero attached hydrogens (tertiary/aromatic N) is 3. The summed E-state index contributed by atoms with van der Waals surface area (Å²) in [5.74, 6) is 1.31. The molecule has 5 heteroatoms. The van der Waals surface area contributed by atoms with E-state index in [1.165, 1.54) is 0 Å². The number of aromatic nitrogens is 3. The predicted molar refractivity (Wildman–Crippen MR) is 69.4 cm³/mol. The predicted octanol–water partition coefficient (Wildman–Crippen LogP) is 3.26. The Bertz CT molecular complexity index is 336. The summed E-state index contributed by atoms with van der Waals surface area (Å²) in [4.78, 5) is 0. The van der Waals surface area contributed by atoms with Crippen molar-refractivity contribution in [3.63, 3.8) is 0 Å². The summed E-state index contributed by atoms with van der Waals surface area (Å²) in [6.07, 6.45) is 2.37. The summed E-state index contributed by atoms with van der Waals surface area (Å²) < 4.78 is 7.48. The molecular weight excluding hydrogens is 238 g/mol. The Morgan fingerprint density at radius 2 is 1.88 bits per heavy atom. The van der Waals surface area contributed by atoms with Crippen LogP contribution in [0.15, 0.2) is 0 Å². The lowest BCUT2D eigenvalue weighted by molar-refractivity contribution is 0.0754. The standard InChI is InChI=1S/C12H22ClN3O/c1-9(2)11-14-15-12(13)16(11)7-5-6-8-17-10(3)4/h9-10H,5-8H2,1-4H3. The summed E-state index contributed by atoms with van der Waals surface area (Å²) in [6, 6.07) is 0. The minimum Gasteiger partial charge on any atom is -0.379 e. The third kappa shape index (κ3) is 4.64. The van der Waals surface area contributed by atoms with Gasteiger partial charge in [0.05, 0.1) is 6.10 Å². The zero-order chi connectivity index (χ0) is 12.8. The van der Waals surface area contributed by atoms with Crippen LogP contribution in [0.2, 0.25) is 5.28 Å². The second kappa shape index (κ2) is 6.97. The molecule has 0 fully saturated rings. The molecule has 1 aromatic heterocycles. The van der Waals surface area contributed by atoms with E-state index < -0.39 is 0 Å². The molecule has 0 saturated carbocycles. The van der Waals surface area contributed by atoms with Gasteiger partial charge < -0.3 is 9.30 Å². The number of hydrogen-bond acceptors (Lipinski definition) is 3. The van der Waals surface area contributed by atoms with Crippen LogP contribution in [0.5, 0.6) is 0 Å². The molecule has 0 bridgehead atoms. The lowest BCUT2D eigenvalue weighted by Crippen LogP contribution is -2.08. The van der Waals surface area contributed by atoms with Gasteiger partial charge in [0.25, 0.3) is 0 Å². The van der Waals surface area contributed by atoms with Gasteiger partial charge in [-0.05, 0) is 38.3 Å². The number of unbranched alkanes of at least 4 members (excludes halogenated alkanes) is 1. The fourth-order valence-corrected chi connectivity index (χ4v) is 1.83. The van der Waals surface area contributed by atoms with Crippen LogP contribution >= 0.6 is 11.6 Å². The van der Waals surface area contributed by atoms with Crippen LogP contribution in [0.1, 0.15) is 52.3 Å². The van der Waals surface area contributed by atoms with Gasteiger partial charge in [0.15, 0.2) is 0 Å². The second-order valence-corrected chi connectivity index (χ2v) is 5.10. The highest BCUT2D eigenvalue weighted by Crippen LogP contribution is 2.17. The van der Waals surface area contributed by atoms with Crippen molar-refractivity contribution in [1.29, 1.82) is 0 Å². The minimum atomic E-state index is 0.305. The molecule has 4 nitrogen and oxygen atoms in total. The monoisotopic (exact) mass is 259 g/mol. The van der Waals surface area contributed by atoms with E-state index in [2.05, 4.69) is 24.0 Å². The molecule has 0 unspecified atom stereocenters. The van der Waals surface area contributed by atoms with Crippen molar-refractivity contribution >= 4 is 11.6 Å². The summed E-state index contributed by atoms with van der Waals surface area (Å²) in [7, 11) is 0. The van der Waals surface area contributed by atoms with Gasteiger partial charge in [0.2, 0.25) is 5.28 Å². The zero-order valence-electron chi connectivity index (χ0n) is 11.1. The number of ether oxygens (including phenoxy) is 1. The van der Waals surface area contributed by atoms with Crippen LogP contribution in [0, 0.1) is 0 Å². The van der Waals surface area contributed by atoms with E-state index in [9.17, 15) is 0 Å². The van der Waals surface area contributed by atoms with Gasteiger partial charge in [0, 0.05) is 19.1 Å². The second-order valence-electron chi connectivity index (χ2n) is 4.76. The Morgan fingerprint density at radius 1 is 1.18 bits per heavy atom. The summed E-state index contributed by atoms with van der Waals surface area (Å²) in [5.41, 5.74) is 0. The highest BCUT2D eigenvalue weighted by Gasteiger charge is 2.12. The van der Waals surface area contributed by atoms with Crippen LogP contribution in [-0.2, 0) is 11.3 Å². The largest absolute Gasteiger partial charge is 0.379 e. The van der Waals surface area contributed by atoms with Gasteiger partial charge in [-0.3, -0.25) is 0 Å². The maximum atomic E-state index is 6.01. The summed E-state index contributed by atoms with van der Waals surface area (Å²) in [5, 5.41) is 8.49. The maximum Gasteiger partial charge on any atom is 0.225 e. The molecule has 1 heterocycles. The van der Waals surface area contributed by atoms with Crippen LogP contribution in [0.3, 0.4) is 0 Å². The van der Waals surface area contributed by atoms with Crippen LogP contribution in [-0.4, -0.2) is 27.5 Å². The van der Waals surface area contributed by atoms with Crippen LogP contribution in [0.4, 0.5) is 0 Å². The molecule has 0 atom stereocenters. The van der Waals surface area contributed by atoms with Crippen molar-refractivity contribution in [2.24, 2.45) is 0 Å². The van der Waals surface area contributed by atoms with Crippen LogP contribution in [0.25, 0.3) is 0 Å². The lowest BCUT2D eigenvalue weighted by atomic mass is 10.2. The van der Waals surface area contributed by atoms with Gasteiger partial charge >= 0.3 is 0 Å². The Kier molecular flexibility index (Phi) is 5.92. The third-order valence-electron chi connectivity index (χ3n) is 2.48. The molecule has 0 aliphatic heterocycles. The van der Waals surface area contributed by atoms with Crippen molar-refractivity contribution in [1.82, 2.24) is 14.8 Å². The van der Waals surface area contributed by atoms with Crippen LogP contribution < -0.4 is 0 Å². The first-order valence-electron chi connectivity index (χ1n) is 6.22. The van der Waals surface area contributed by atoms with Crippen molar-refractivity contribution in [2.75, 3.05) is 6.61 Å². The molecule has 0 amide bonds. The third-order valence-corrected chi connectivity index (χ3v) is 2.76. The number of halogens is 1. The number of rotatable bonds is 7. The number of hydrogen-bond donors (Lipinski definition) is 0. The van der Waals surface area contributed by atoms with Gasteiger partial charge in [-0.25, -0.2) is 0 Å². The first-order chi connectivity index (χ1) is 8.02. The highest BCUT2D eigenvalue weighted by atomic mass is 35.5. The Balaban J connectivity index is 2.38. The van der Waals surface area contributed by atoms with Crippen molar-refractivity contribution in [3.8, 4) is 0 Å². The van der Waals surface area contributed by atoms with Gasteiger partial charge in [-0.2, -0.15) is 0 Å². The van der Waals surface area contributed by atoms with E-state index in [1.54, 1.807) is 0 Å². The molecule has 1 rings (SSSR count). The quantitative estimate of drug-likeness (QED) is 0.706. The molecule has 0 aromatic carbocycles. The average molecular weight is 260 g/mol. The summed E-state index contributed by atoms with van der Waals surface area (Å²) >= 11 is 6.01. The normalized spacial score (nSPS) is 11.7. The highest BCUT2D eigenvalue weighted by molar-refractivity contribution is 6.28. The first kappa shape index (κ1) is 14.5. The van der Waals surface area contributed by atoms with Crippen molar-refractivity contribution in [2.45, 2.75) is 59.1 Å². The lowest BCUT2D eigenvalue weighted by Gasteiger charge is -2.10. The molecule has 1 aromatic rings. The molecular formula is C12H22ClN3O. The van der Waals surface area contributed by atoms with E-state index in [1.807, 2.05) is 18.4 Å². The minimum absolute atomic E-state index is 0.305. The Morgan fingerprint density at radius 3 is 2.47 bits per heavy atom. The average Bonchev–Trinajstić information content (AvgIpc) is 2.59.